The summed E-state index contributed by atoms with van der Waals surface area (Å²) in [4.78, 5) is 43.3. The Morgan fingerprint density at radius 1 is 0.850 bits per heavy atom. The van der Waals surface area contributed by atoms with Gasteiger partial charge in [0.05, 0.1) is 16.2 Å². The topological polar surface area (TPSA) is 69.7 Å². The van der Waals surface area contributed by atoms with Crippen molar-refractivity contribution in [1.82, 2.24) is 4.90 Å². The Kier molecular flexibility index (Phi) is 11.2. The van der Waals surface area contributed by atoms with Crippen LogP contribution in [-0.2, 0) is 14.4 Å². The molecule has 0 unspecified atom stereocenters. The minimum Gasteiger partial charge on any atom is -0.325 e. The molecule has 9 heteroatoms. The van der Waals surface area contributed by atoms with Crippen LogP contribution in [0.2, 0.25) is 5.02 Å². The Balaban J connectivity index is 1.36. The zero-order valence-corrected chi connectivity index (χ0v) is 25.3. The Labute approximate surface area is 251 Å². The van der Waals surface area contributed by atoms with E-state index in [9.17, 15) is 14.4 Å². The van der Waals surface area contributed by atoms with E-state index in [1.165, 1.54) is 61.6 Å². The molecule has 4 rings (SSSR count). The van der Waals surface area contributed by atoms with Gasteiger partial charge in [0.2, 0.25) is 5.91 Å². The lowest BCUT2D eigenvalue weighted by Crippen LogP contribution is -2.35. The summed E-state index contributed by atoms with van der Waals surface area (Å²) in [6.07, 6.45) is 12.1. The van der Waals surface area contributed by atoms with Crippen molar-refractivity contribution in [2.45, 2.75) is 71.1 Å². The first-order valence-corrected chi connectivity index (χ1v) is 15.8. The molecule has 0 spiro atoms. The number of unbranched alkanes of at least 4 members (excludes halogenated alkanes) is 9. The molecule has 1 fully saturated rings. The summed E-state index contributed by atoms with van der Waals surface area (Å²) in [6, 6.07) is 14.0. The molecule has 2 aromatic rings. The summed E-state index contributed by atoms with van der Waals surface area (Å²) in [5.41, 5.74) is 2.15. The highest BCUT2D eigenvalue weighted by Gasteiger charge is 2.42. The number of anilines is 2. The molecule has 2 heterocycles. The van der Waals surface area contributed by atoms with Gasteiger partial charge in [-0.3, -0.25) is 24.2 Å². The predicted octanol–water partition coefficient (Wildman–Crippen LogP) is 7.82. The van der Waals surface area contributed by atoms with Gasteiger partial charge in [-0.15, -0.1) is 0 Å². The van der Waals surface area contributed by atoms with Crippen LogP contribution in [0.25, 0.3) is 5.57 Å². The predicted molar refractivity (Wildman–Crippen MR) is 170 cm³/mol. The summed E-state index contributed by atoms with van der Waals surface area (Å²) < 4.78 is 0.479. The maximum absolute atomic E-state index is 13.6. The second kappa shape index (κ2) is 14.8. The summed E-state index contributed by atoms with van der Waals surface area (Å²) in [5, 5.41) is 3.36. The van der Waals surface area contributed by atoms with Gasteiger partial charge in [0.15, 0.2) is 0 Å². The molecule has 40 heavy (non-hydrogen) atoms. The third-order valence-corrected chi connectivity index (χ3v) is 8.86. The van der Waals surface area contributed by atoms with Gasteiger partial charge in [0.1, 0.15) is 10.9 Å². The van der Waals surface area contributed by atoms with Crippen LogP contribution < -0.4 is 10.2 Å². The monoisotopic (exact) mass is 597 g/mol. The van der Waals surface area contributed by atoms with Crippen molar-refractivity contribution in [3.8, 4) is 0 Å². The molecule has 0 aliphatic carbocycles. The highest BCUT2D eigenvalue weighted by molar-refractivity contribution is 8.26. The number of carbonyl (C=O) groups excluding carboxylic acids is 3. The van der Waals surface area contributed by atoms with Crippen LogP contribution in [0.3, 0.4) is 0 Å². The molecule has 212 valence electrons. The molecule has 2 aliphatic rings. The smallest absolute Gasteiger partial charge is 0.267 e. The highest BCUT2D eigenvalue weighted by atomic mass is 35.5. The van der Waals surface area contributed by atoms with Gasteiger partial charge in [0.25, 0.3) is 11.8 Å². The molecule has 0 atom stereocenters. The molecule has 2 aromatic carbocycles. The first-order chi connectivity index (χ1) is 19.4. The molecule has 0 saturated carbocycles. The van der Waals surface area contributed by atoms with Crippen molar-refractivity contribution in [1.29, 1.82) is 0 Å². The van der Waals surface area contributed by atoms with Gasteiger partial charge in [-0.05, 0) is 36.8 Å². The molecule has 3 amide bonds. The van der Waals surface area contributed by atoms with E-state index in [0.717, 1.165) is 19.3 Å². The van der Waals surface area contributed by atoms with Crippen molar-refractivity contribution < 1.29 is 14.4 Å². The number of para-hydroxylation sites is 1. The highest BCUT2D eigenvalue weighted by Crippen LogP contribution is 2.44. The standard InChI is InChI=1S/C31H36ClN3O3S2/c1-2-3-4-5-6-7-8-9-10-13-20-34-30(38)28(40-31(34)39)27-24-14-11-12-15-25(24)35(29(27)37)21-26(36)33-23-18-16-22(32)17-19-23/h11-12,14-19H,2-10,13,20-21H2,1H3,(H,33,36). The Morgan fingerprint density at radius 3 is 2.15 bits per heavy atom. The summed E-state index contributed by atoms with van der Waals surface area (Å²) in [6.45, 7) is 2.61. The van der Waals surface area contributed by atoms with Crippen LogP contribution in [0, 0.1) is 0 Å². The van der Waals surface area contributed by atoms with E-state index < -0.39 is 0 Å². The first-order valence-electron chi connectivity index (χ1n) is 14.1. The molecule has 2 aliphatic heterocycles. The van der Waals surface area contributed by atoms with Gasteiger partial charge in [-0.25, -0.2) is 0 Å². The summed E-state index contributed by atoms with van der Waals surface area (Å²) >= 11 is 12.7. The number of hydrogen-bond acceptors (Lipinski definition) is 5. The minimum atomic E-state index is -0.369. The second-order valence-electron chi connectivity index (χ2n) is 10.2. The molecule has 0 bridgehead atoms. The van der Waals surface area contributed by atoms with Gasteiger partial charge in [-0.2, -0.15) is 0 Å². The molecular weight excluding hydrogens is 562 g/mol. The Hall–Kier alpha value is -2.68. The van der Waals surface area contributed by atoms with E-state index in [-0.39, 0.29) is 24.3 Å². The first kappa shape index (κ1) is 30.3. The maximum atomic E-state index is 13.6. The zero-order chi connectivity index (χ0) is 28.5. The van der Waals surface area contributed by atoms with Crippen LogP contribution in [0.1, 0.15) is 76.7 Å². The molecule has 6 nitrogen and oxygen atoms in total. The molecule has 0 aromatic heterocycles. The number of benzene rings is 2. The third kappa shape index (κ3) is 7.53. The largest absolute Gasteiger partial charge is 0.325 e. The van der Waals surface area contributed by atoms with Crippen LogP contribution in [-0.4, -0.2) is 40.0 Å². The number of halogens is 1. The quantitative estimate of drug-likeness (QED) is 0.137. The average molecular weight is 598 g/mol. The van der Waals surface area contributed by atoms with E-state index in [1.807, 2.05) is 18.2 Å². The number of rotatable bonds is 14. The van der Waals surface area contributed by atoms with Crippen molar-refractivity contribution in [2.24, 2.45) is 0 Å². The lowest BCUT2D eigenvalue weighted by Gasteiger charge is -2.17. The summed E-state index contributed by atoms with van der Waals surface area (Å²) in [7, 11) is 0. The van der Waals surface area contributed by atoms with E-state index in [4.69, 9.17) is 23.8 Å². The van der Waals surface area contributed by atoms with Gasteiger partial charge in [-0.1, -0.05) is 118 Å². The SMILES string of the molecule is CCCCCCCCCCCCN1C(=O)C(=C2C(=O)N(CC(=O)Nc3ccc(Cl)cc3)c3ccccc32)SC1=S. The Morgan fingerprint density at radius 2 is 1.48 bits per heavy atom. The van der Waals surface area contributed by atoms with Gasteiger partial charge >= 0.3 is 0 Å². The third-order valence-electron chi connectivity index (χ3n) is 7.16. The lowest BCUT2D eigenvalue weighted by atomic mass is 10.1. The molecule has 0 radical (unpaired) electrons. The number of thioether (sulfide) groups is 1. The number of hydrogen-bond donors (Lipinski definition) is 1. The van der Waals surface area contributed by atoms with Crippen molar-refractivity contribution in [3.63, 3.8) is 0 Å². The average Bonchev–Trinajstić information content (AvgIpc) is 3.37. The van der Waals surface area contributed by atoms with Crippen LogP contribution in [0.5, 0.6) is 0 Å². The van der Waals surface area contributed by atoms with Crippen LogP contribution >= 0.6 is 35.6 Å². The maximum Gasteiger partial charge on any atom is 0.267 e. The van der Waals surface area contributed by atoms with E-state index in [0.29, 0.717) is 43.3 Å². The summed E-state index contributed by atoms with van der Waals surface area (Å²) in [5.74, 6) is -0.941. The fourth-order valence-corrected chi connectivity index (χ4v) is 6.54. The number of nitrogens with zero attached hydrogens (tertiary/aromatic N) is 2. The molecule has 1 saturated heterocycles. The molecule has 1 N–H and O–H groups in total. The Bertz CT molecular complexity index is 1280. The van der Waals surface area contributed by atoms with E-state index >= 15 is 0 Å². The normalized spacial score (nSPS) is 16.7. The van der Waals surface area contributed by atoms with Crippen LogP contribution in [0.4, 0.5) is 11.4 Å². The molecular formula is C31H36ClN3O3S2. The lowest BCUT2D eigenvalue weighted by molar-refractivity contribution is -0.122. The number of carbonyl (C=O) groups is 3. The van der Waals surface area contributed by atoms with Crippen molar-refractivity contribution in [2.75, 3.05) is 23.3 Å². The van der Waals surface area contributed by atoms with E-state index in [1.54, 1.807) is 35.2 Å². The number of thiocarbonyl (C=S) groups is 1. The number of fused-ring (bicyclic) bond motifs is 1. The fraction of sp³-hybridized carbons (Fsp3) is 0.419. The van der Waals surface area contributed by atoms with Crippen molar-refractivity contribution in [3.05, 3.63) is 64.0 Å². The number of nitrogens with one attached hydrogen (secondary N) is 1. The van der Waals surface area contributed by atoms with Crippen molar-refractivity contribution >= 4 is 74.6 Å². The van der Waals surface area contributed by atoms with Gasteiger partial charge < -0.3 is 5.32 Å². The fourth-order valence-electron chi connectivity index (χ4n) is 5.03. The van der Waals surface area contributed by atoms with Gasteiger partial charge in [0, 0.05) is 22.8 Å². The second-order valence-corrected chi connectivity index (χ2v) is 12.3. The van der Waals surface area contributed by atoms with Crippen LogP contribution in [0.15, 0.2) is 53.4 Å². The van der Waals surface area contributed by atoms with E-state index in [2.05, 4.69) is 12.2 Å². The number of amides is 3. The minimum absolute atomic E-state index is 0.180. The zero-order valence-electron chi connectivity index (χ0n) is 22.9.